The van der Waals surface area contributed by atoms with Crippen molar-refractivity contribution in [1.29, 1.82) is 0 Å². The lowest BCUT2D eigenvalue weighted by molar-refractivity contribution is -0.141. The normalized spacial score (nSPS) is 11.8. The van der Waals surface area contributed by atoms with Crippen LogP contribution in [0.5, 0.6) is 0 Å². The average Bonchev–Trinajstić information content (AvgIpc) is 3.09. The van der Waals surface area contributed by atoms with Gasteiger partial charge in [0.2, 0.25) is 5.91 Å². The summed E-state index contributed by atoms with van der Waals surface area (Å²) in [6.45, 7) is 4.07. The Morgan fingerprint density at radius 1 is 1.29 bits per heavy atom. The van der Waals surface area contributed by atoms with Gasteiger partial charge in [-0.15, -0.1) is 23.1 Å². The maximum Gasteiger partial charge on any atom is 0.307 e. The van der Waals surface area contributed by atoms with Crippen LogP contribution < -0.4 is 5.32 Å². The van der Waals surface area contributed by atoms with E-state index in [-0.39, 0.29) is 24.3 Å². The first-order chi connectivity index (χ1) is 11.5. The second-order valence-corrected chi connectivity index (χ2v) is 7.47. The van der Waals surface area contributed by atoms with Crippen LogP contribution in [0.25, 0.3) is 0 Å². The van der Waals surface area contributed by atoms with Gasteiger partial charge in [0, 0.05) is 9.77 Å². The Bertz CT molecular complexity index is 698. The Balaban J connectivity index is 1.97. The molecule has 0 spiro atoms. The SMILES string of the molecule is COC(=O)CC(NC(=O)CSc1cc(C)ccc1C)c1cccs1. The highest BCUT2D eigenvalue weighted by atomic mass is 32.2. The van der Waals surface area contributed by atoms with Gasteiger partial charge in [-0.1, -0.05) is 23.8 Å². The van der Waals surface area contributed by atoms with Gasteiger partial charge < -0.3 is 10.1 Å². The van der Waals surface area contributed by atoms with E-state index in [1.54, 1.807) is 0 Å². The number of nitrogens with one attached hydrogen (secondary N) is 1. The minimum absolute atomic E-state index is 0.0943. The number of methoxy groups -OCH3 is 1. The summed E-state index contributed by atoms with van der Waals surface area (Å²) in [5.74, 6) is -0.119. The van der Waals surface area contributed by atoms with Crippen LogP contribution in [0.3, 0.4) is 0 Å². The van der Waals surface area contributed by atoms with Crippen LogP contribution in [0.2, 0.25) is 0 Å². The maximum atomic E-state index is 12.3. The van der Waals surface area contributed by atoms with Crippen molar-refractivity contribution < 1.29 is 14.3 Å². The number of hydrogen-bond acceptors (Lipinski definition) is 5. The van der Waals surface area contributed by atoms with Crippen molar-refractivity contribution in [3.05, 3.63) is 51.7 Å². The van der Waals surface area contributed by atoms with E-state index in [0.717, 1.165) is 15.3 Å². The monoisotopic (exact) mass is 363 g/mol. The highest BCUT2D eigenvalue weighted by molar-refractivity contribution is 8.00. The summed E-state index contributed by atoms with van der Waals surface area (Å²) in [7, 11) is 1.35. The summed E-state index contributed by atoms with van der Waals surface area (Å²) >= 11 is 3.02. The van der Waals surface area contributed by atoms with Crippen molar-refractivity contribution in [2.24, 2.45) is 0 Å². The molecule has 0 aliphatic rings. The van der Waals surface area contributed by atoms with Crippen LogP contribution in [0, 0.1) is 13.8 Å². The number of carbonyl (C=O) groups is 2. The van der Waals surface area contributed by atoms with E-state index in [0.29, 0.717) is 5.75 Å². The van der Waals surface area contributed by atoms with Crippen LogP contribution >= 0.6 is 23.1 Å². The fourth-order valence-electron chi connectivity index (χ4n) is 2.20. The van der Waals surface area contributed by atoms with E-state index < -0.39 is 0 Å². The zero-order valence-electron chi connectivity index (χ0n) is 14.0. The molecule has 4 nitrogen and oxygen atoms in total. The molecule has 0 saturated carbocycles. The van der Waals surface area contributed by atoms with E-state index in [2.05, 4.69) is 23.5 Å². The fraction of sp³-hybridized carbons (Fsp3) is 0.333. The molecule has 1 aromatic heterocycles. The number of benzene rings is 1. The third kappa shape index (κ3) is 5.39. The summed E-state index contributed by atoms with van der Waals surface area (Å²) in [5, 5.41) is 4.87. The predicted octanol–water partition coefficient (Wildman–Crippen LogP) is 3.88. The van der Waals surface area contributed by atoms with Gasteiger partial charge >= 0.3 is 5.97 Å². The maximum absolute atomic E-state index is 12.3. The molecule has 1 atom stereocenters. The second kappa shape index (κ2) is 8.89. The molecule has 0 fully saturated rings. The number of carbonyl (C=O) groups excluding carboxylic acids is 2. The zero-order valence-corrected chi connectivity index (χ0v) is 15.6. The van der Waals surface area contributed by atoms with Crippen LogP contribution in [-0.2, 0) is 14.3 Å². The quantitative estimate of drug-likeness (QED) is 0.599. The summed E-state index contributed by atoms with van der Waals surface area (Å²) in [5.41, 5.74) is 2.33. The van der Waals surface area contributed by atoms with Crippen LogP contribution in [-0.4, -0.2) is 24.7 Å². The Morgan fingerprint density at radius 3 is 2.75 bits per heavy atom. The minimum Gasteiger partial charge on any atom is -0.469 e. The third-order valence-corrected chi connectivity index (χ3v) is 5.67. The molecule has 1 N–H and O–H groups in total. The molecule has 1 amide bonds. The van der Waals surface area contributed by atoms with Gasteiger partial charge in [-0.3, -0.25) is 9.59 Å². The van der Waals surface area contributed by atoms with Gasteiger partial charge in [-0.2, -0.15) is 0 Å². The van der Waals surface area contributed by atoms with Crippen LogP contribution in [0.4, 0.5) is 0 Å². The van der Waals surface area contributed by atoms with Crippen molar-refractivity contribution in [2.45, 2.75) is 31.2 Å². The number of hydrogen-bond donors (Lipinski definition) is 1. The van der Waals surface area contributed by atoms with Gasteiger partial charge in [-0.25, -0.2) is 0 Å². The standard InChI is InChI=1S/C18H21NO3S2/c1-12-6-7-13(2)16(9-12)24-11-17(20)19-14(10-18(21)22-3)15-5-4-8-23-15/h4-9,14H,10-11H2,1-3H3,(H,19,20). The molecule has 1 aromatic carbocycles. The molecular weight excluding hydrogens is 342 g/mol. The molecule has 1 unspecified atom stereocenters. The lowest BCUT2D eigenvalue weighted by Crippen LogP contribution is -2.31. The number of thioether (sulfide) groups is 1. The molecule has 1 heterocycles. The van der Waals surface area contributed by atoms with Gasteiger partial charge in [0.25, 0.3) is 0 Å². The van der Waals surface area contributed by atoms with Crippen LogP contribution in [0.1, 0.15) is 28.5 Å². The first-order valence-electron chi connectivity index (χ1n) is 7.59. The lowest BCUT2D eigenvalue weighted by Gasteiger charge is -2.16. The van der Waals surface area contributed by atoms with E-state index in [1.165, 1.54) is 35.8 Å². The Labute approximate surface area is 150 Å². The predicted molar refractivity (Wildman–Crippen MR) is 98.5 cm³/mol. The molecular formula is C18H21NO3S2. The van der Waals surface area contributed by atoms with Crippen molar-refractivity contribution >= 4 is 35.0 Å². The first kappa shape index (κ1) is 18.5. The number of ether oxygens (including phenoxy) is 1. The van der Waals surface area contributed by atoms with Crippen LogP contribution in [0.15, 0.2) is 40.6 Å². The largest absolute Gasteiger partial charge is 0.469 e. The van der Waals surface area contributed by atoms with Gasteiger partial charge in [-0.05, 0) is 36.9 Å². The highest BCUT2D eigenvalue weighted by Gasteiger charge is 2.20. The summed E-state index contributed by atoms with van der Waals surface area (Å²) in [4.78, 5) is 25.9. The number of thiophene rings is 1. The Kier molecular flexibility index (Phi) is 6.87. The zero-order chi connectivity index (χ0) is 17.5. The smallest absolute Gasteiger partial charge is 0.307 e. The van der Waals surface area contributed by atoms with Gasteiger partial charge in [0.05, 0.1) is 25.3 Å². The Morgan fingerprint density at radius 2 is 2.08 bits per heavy atom. The van der Waals surface area contributed by atoms with Crippen molar-refractivity contribution in [3.63, 3.8) is 0 Å². The molecule has 0 radical (unpaired) electrons. The van der Waals surface area contributed by atoms with Gasteiger partial charge in [0.15, 0.2) is 0 Å². The molecule has 0 saturated heterocycles. The average molecular weight is 364 g/mol. The molecule has 6 heteroatoms. The molecule has 0 bridgehead atoms. The van der Waals surface area contributed by atoms with E-state index in [1.807, 2.05) is 31.4 Å². The number of amides is 1. The lowest BCUT2D eigenvalue weighted by atomic mass is 10.1. The summed E-state index contributed by atoms with van der Waals surface area (Å²) in [6.07, 6.45) is 0.136. The van der Waals surface area contributed by atoms with E-state index in [4.69, 9.17) is 4.74 Å². The van der Waals surface area contributed by atoms with Crippen molar-refractivity contribution in [2.75, 3.05) is 12.9 Å². The summed E-state index contributed by atoms with van der Waals surface area (Å²) in [6, 6.07) is 9.67. The Hall–Kier alpha value is -1.79. The van der Waals surface area contributed by atoms with Crippen molar-refractivity contribution in [1.82, 2.24) is 5.32 Å². The molecule has 2 rings (SSSR count). The third-order valence-electron chi connectivity index (χ3n) is 3.52. The first-order valence-corrected chi connectivity index (χ1v) is 9.45. The van der Waals surface area contributed by atoms with Crippen molar-refractivity contribution in [3.8, 4) is 0 Å². The van der Waals surface area contributed by atoms with Gasteiger partial charge in [0.1, 0.15) is 0 Å². The van der Waals surface area contributed by atoms with E-state index in [9.17, 15) is 9.59 Å². The minimum atomic E-state index is -0.343. The highest BCUT2D eigenvalue weighted by Crippen LogP contribution is 2.25. The topological polar surface area (TPSA) is 55.4 Å². The molecule has 2 aromatic rings. The number of esters is 1. The molecule has 128 valence electrons. The summed E-state index contributed by atoms with van der Waals surface area (Å²) < 4.78 is 4.73. The van der Waals surface area contributed by atoms with E-state index >= 15 is 0 Å². The molecule has 0 aliphatic carbocycles. The number of rotatable bonds is 7. The molecule has 24 heavy (non-hydrogen) atoms. The second-order valence-electron chi connectivity index (χ2n) is 5.47. The molecule has 0 aliphatic heterocycles. The fourth-order valence-corrected chi connectivity index (χ4v) is 3.92. The number of aryl methyl sites for hydroxylation is 2.